The van der Waals surface area contributed by atoms with E-state index in [1.54, 1.807) is 0 Å². The molecular weight excluding hydrogens is 224 g/mol. The van der Waals surface area contributed by atoms with Crippen molar-refractivity contribution in [1.82, 2.24) is 0 Å². The molecule has 0 spiro atoms. The highest BCUT2D eigenvalue weighted by Gasteiger charge is 2.00. The molecular formula is C12H11Br. The normalized spacial score (nSPS) is 10.7. The fourth-order valence-electron chi connectivity index (χ4n) is 1.56. The molecule has 13 heavy (non-hydrogen) atoms. The summed E-state index contributed by atoms with van der Waals surface area (Å²) in [6.07, 6.45) is 0. The van der Waals surface area contributed by atoms with Crippen LogP contribution in [0.5, 0.6) is 0 Å². The second kappa shape index (κ2) is 3.15. The predicted octanol–water partition coefficient (Wildman–Crippen LogP) is 4.22. The lowest BCUT2D eigenvalue weighted by molar-refractivity contribution is 1.45. The maximum Gasteiger partial charge on any atom is 0.0210 e. The van der Waals surface area contributed by atoms with Crippen molar-refractivity contribution in [3.63, 3.8) is 0 Å². The Morgan fingerprint density at radius 2 is 1.69 bits per heavy atom. The van der Waals surface area contributed by atoms with Crippen LogP contribution in [0.25, 0.3) is 10.8 Å². The molecule has 0 N–H and O–H groups in total. The zero-order valence-electron chi connectivity index (χ0n) is 7.76. The van der Waals surface area contributed by atoms with Gasteiger partial charge in [0.2, 0.25) is 0 Å². The molecule has 0 fully saturated rings. The fraction of sp³-hybridized carbons (Fsp3) is 0.167. The summed E-state index contributed by atoms with van der Waals surface area (Å²) in [7, 11) is 0. The summed E-state index contributed by atoms with van der Waals surface area (Å²) in [5.41, 5.74) is 2.63. The molecule has 2 aromatic carbocycles. The zero-order chi connectivity index (χ0) is 9.42. The number of aryl methyl sites for hydroxylation is 2. The molecule has 66 valence electrons. The highest BCUT2D eigenvalue weighted by molar-refractivity contribution is 9.10. The van der Waals surface area contributed by atoms with Gasteiger partial charge < -0.3 is 0 Å². The van der Waals surface area contributed by atoms with Gasteiger partial charge in [0, 0.05) is 4.47 Å². The molecule has 0 nitrogen and oxygen atoms in total. The van der Waals surface area contributed by atoms with Crippen LogP contribution in [-0.2, 0) is 0 Å². The van der Waals surface area contributed by atoms with E-state index in [9.17, 15) is 0 Å². The van der Waals surface area contributed by atoms with E-state index < -0.39 is 0 Å². The third-order valence-electron chi connectivity index (χ3n) is 2.38. The molecule has 2 aromatic rings. The van der Waals surface area contributed by atoms with Crippen LogP contribution < -0.4 is 0 Å². The van der Waals surface area contributed by atoms with Gasteiger partial charge in [-0.1, -0.05) is 45.8 Å². The molecule has 2 rings (SSSR count). The summed E-state index contributed by atoms with van der Waals surface area (Å²) in [5.74, 6) is 0. The topological polar surface area (TPSA) is 0 Å². The van der Waals surface area contributed by atoms with Crippen molar-refractivity contribution in [2.24, 2.45) is 0 Å². The van der Waals surface area contributed by atoms with Gasteiger partial charge in [-0.2, -0.15) is 0 Å². The Bertz CT molecular complexity index is 453. The van der Waals surface area contributed by atoms with Gasteiger partial charge in [0.15, 0.2) is 0 Å². The van der Waals surface area contributed by atoms with Gasteiger partial charge in [0.05, 0.1) is 0 Å². The lowest BCUT2D eigenvalue weighted by atomic mass is 10.0. The average molecular weight is 235 g/mol. The molecule has 0 atom stereocenters. The summed E-state index contributed by atoms with van der Waals surface area (Å²) in [6, 6.07) is 10.8. The molecule has 0 radical (unpaired) electrons. The van der Waals surface area contributed by atoms with E-state index in [-0.39, 0.29) is 0 Å². The first-order valence-electron chi connectivity index (χ1n) is 4.34. The minimum atomic E-state index is 1.19. The van der Waals surface area contributed by atoms with Gasteiger partial charge in [0.25, 0.3) is 0 Å². The number of hydrogen-bond donors (Lipinski definition) is 0. The fourth-order valence-corrected chi connectivity index (χ4v) is 1.90. The van der Waals surface area contributed by atoms with Gasteiger partial charge in [-0.3, -0.25) is 0 Å². The standard InChI is InChI=1S/C12H11Br/c1-8-3-4-10-5-6-12(13)9(2)11(10)7-8/h3-7H,1-2H3. The first-order valence-corrected chi connectivity index (χ1v) is 5.13. The Morgan fingerprint density at radius 3 is 2.46 bits per heavy atom. The van der Waals surface area contributed by atoms with Crippen molar-refractivity contribution in [3.05, 3.63) is 45.9 Å². The second-order valence-electron chi connectivity index (χ2n) is 3.40. The molecule has 0 amide bonds. The first kappa shape index (κ1) is 8.76. The van der Waals surface area contributed by atoms with Crippen molar-refractivity contribution in [2.45, 2.75) is 13.8 Å². The highest BCUT2D eigenvalue weighted by Crippen LogP contribution is 2.26. The Hall–Kier alpha value is -0.820. The second-order valence-corrected chi connectivity index (χ2v) is 4.25. The van der Waals surface area contributed by atoms with E-state index in [4.69, 9.17) is 0 Å². The van der Waals surface area contributed by atoms with Crippen molar-refractivity contribution >= 4 is 26.7 Å². The van der Waals surface area contributed by atoms with Crippen LogP contribution in [0.2, 0.25) is 0 Å². The minimum Gasteiger partial charge on any atom is -0.0587 e. The predicted molar refractivity (Wildman–Crippen MR) is 61.1 cm³/mol. The van der Waals surface area contributed by atoms with Crippen LogP contribution in [0, 0.1) is 13.8 Å². The quantitative estimate of drug-likeness (QED) is 0.641. The van der Waals surface area contributed by atoms with Crippen LogP contribution in [0.4, 0.5) is 0 Å². The minimum absolute atomic E-state index is 1.19. The molecule has 0 saturated heterocycles. The third-order valence-corrected chi connectivity index (χ3v) is 3.24. The van der Waals surface area contributed by atoms with Gasteiger partial charge in [0.1, 0.15) is 0 Å². The molecule has 0 heterocycles. The van der Waals surface area contributed by atoms with E-state index in [0.717, 1.165) is 0 Å². The summed E-state index contributed by atoms with van der Waals surface area (Å²) >= 11 is 3.54. The van der Waals surface area contributed by atoms with E-state index in [2.05, 4.69) is 60.1 Å². The van der Waals surface area contributed by atoms with Crippen LogP contribution in [0.3, 0.4) is 0 Å². The maximum absolute atomic E-state index is 3.54. The van der Waals surface area contributed by atoms with Crippen LogP contribution in [-0.4, -0.2) is 0 Å². The largest absolute Gasteiger partial charge is 0.0587 e. The van der Waals surface area contributed by atoms with Crippen LogP contribution in [0.1, 0.15) is 11.1 Å². The number of hydrogen-bond acceptors (Lipinski definition) is 0. The number of fused-ring (bicyclic) bond motifs is 1. The van der Waals surface area contributed by atoms with Gasteiger partial charge in [-0.25, -0.2) is 0 Å². The maximum atomic E-state index is 3.54. The summed E-state index contributed by atoms with van der Waals surface area (Å²) < 4.78 is 1.19. The lowest BCUT2D eigenvalue weighted by Gasteiger charge is -2.05. The number of rotatable bonds is 0. The van der Waals surface area contributed by atoms with Gasteiger partial charge in [-0.15, -0.1) is 0 Å². The average Bonchev–Trinajstić information content (AvgIpc) is 2.12. The molecule has 0 unspecified atom stereocenters. The number of benzene rings is 2. The molecule has 0 aromatic heterocycles. The first-order chi connectivity index (χ1) is 6.18. The smallest absolute Gasteiger partial charge is 0.0210 e. The van der Waals surface area contributed by atoms with Crippen molar-refractivity contribution < 1.29 is 0 Å². The molecule has 0 saturated carbocycles. The lowest BCUT2D eigenvalue weighted by Crippen LogP contribution is -1.81. The summed E-state index contributed by atoms with van der Waals surface area (Å²) in [6.45, 7) is 4.27. The molecule has 1 heteroatoms. The number of halogens is 1. The monoisotopic (exact) mass is 234 g/mol. The highest BCUT2D eigenvalue weighted by atomic mass is 79.9. The van der Waals surface area contributed by atoms with Gasteiger partial charge >= 0.3 is 0 Å². The molecule has 0 bridgehead atoms. The third kappa shape index (κ3) is 1.49. The Labute approximate surface area is 86.7 Å². The molecule has 0 aliphatic carbocycles. The van der Waals surface area contributed by atoms with Crippen LogP contribution in [0.15, 0.2) is 34.8 Å². The Kier molecular flexibility index (Phi) is 2.12. The van der Waals surface area contributed by atoms with Gasteiger partial charge in [-0.05, 0) is 36.2 Å². The molecule has 0 aliphatic rings. The zero-order valence-corrected chi connectivity index (χ0v) is 9.35. The van der Waals surface area contributed by atoms with Crippen molar-refractivity contribution in [3.8, 4) is 0 Å². The van der Waals surface area contributed by atoms with Crippen LogP contribution >= 0.6 is 15.9 Å². The van der Waals surface area contributed by atoms with Crippen molar-refractivity contribution in [1.29, 1.82) is 0 Å². The molecule has 0 aliphatic heterocycles. The Morgan fingerprint density at radius 1 is 1.00 bits per heavy atom. The van der Waals surface area contributed by atoms with E-state index in [1.165, 1.54) is 26.4 Å². The summed E-state index contributed by atoms with van der Waals surface area (Å²) in [4.78, 5) is 0. The SMILES string of the molecule is Cc1ccc2ccc(Br)c(C)c2c1. The van der Waals surface area contributed by atoms with E-state index in [0.29, 0.717) is 0 Å². The Balaban J connectivity index is 2.89. The van der Waals surface area contributed by atoms with Crippen molar-refractivity contribution in [2.75, 3.05) is 0 Å². The van der Waals surface area contributed by atoms with E-state index in [1.807, 2.05) is 0 Å². The van der Waals surface area contributed by atoms with E-state index >= 15 is 0 Å². The summed E-state index contributed by atoms with van der Waals surface area (Å²) in [5, 5.41) is 2.65.